The summed E-state index contributed by atoms with van der Waals surface area (Å²) in [6.07, 6.45) is 1.71. The highest BCUT2D eigenvalue weighted by atomic mass is 32.1. The SMILES string of the molecule is Cc1oc(-c2cccs2)nc1CC(=O)N1CCN(c2oc(-c3ccco3)nc2C#N)CC1. The van der Waals surface area contributed by atoms with Gasteiger partial charge in [0.2, 0.25) is 23.4 Å². The predicted molar refractivity (Wildman–Crippen MR) is 116 cm³/mol. The molecule has 0 aliphatic carbocycles. The number of hydrogen-bond donors (Lipinski definition) is 0. The van der Waals surface area contributed by atoms with Crippen LogP contribution in [-0.4, -0.2) is 47.0 Å². The molecular formula is C22H19N5O4S. The molecular weight excluding hydrogens is 430 g/mol. The van der Waals surface area contributed by atoms with Gasteiger partial charge in [-0.05, 0) is 30.5 Å². The molecule has 9 nitrogen and oxygen atoms in total. The lowest BCUT2D eigenvalue weighted by Gasteiger charge is -2.34. The van der Waals surface area contributed by atoms with Crippen LogP contribution in [0.3, 0.4) is 0 Å². The van der Waals surface area contributed by atoms with Crippen LogP contribution in [0.5, 0.6) is 0 Å². The summed E-state index contributed by atoms with van der Waals surface area (Å²) in [5.74, 6) is 2.33. The molecule has 0 atom stereocenters. The predicted octanol–water partition coefficient (Wildman–Crippen LogP) is 3.72. The van der Waals surface area contributed by atoms with E-state index < -0.39 is 0 Å². The van der Waals surface area contributed by atoms with Crippen molar-refractivity contribution >= 4 is 23.1 Å². The average molecular weight is 449 g/mol. The number of carbonyl (C=O) groups excluding carboxylic acids is 1. The first-order valence-electron chi connectivity index (χ1n) is 10.1. The van der Waals surface area contributed by atoms with Crippen molar-refractivity contribution < 1.29 is 18.0 Å². The lowest BCUT2D eigenvalue weighted by atomic mass is 10.2. The third kappa shape index (κ3) is 3.78. The highest BCUT2D eigenvalue weighted by molar-refractivity contribution is 7.13. The van der Waals surface area contributed by atoms with E-state index in [1.54, 1.807) is 28.4 Å². The van der Waals surface area contributed by atoms with Crippen molar-refractivity contribution in [1.29, 1.82) is 5.26 Å². The Morgan fingerprint density at radius 1 is 1.16 bits per heavy atom. The summed E-state index contributed by atoms with van der Waals surface area (Å²) in [4.78, 5) is 26.3. The van der Waals surface area contributed by atoms with E-state index in [1.807, 2.05) is 29.3 Å². The molecule has 4 aromatic heterocycles. The Bertz CT molecular complexity index is 1260. The number of aryl methyl sites for hydroxylation is 1. The van der Waals surface area contributed by atoms with E-state index in [2.05, 4.69) is 16.0 Å². The zero-order valence-corrected chi connectivity index (χ0v) is 18.1. The maximum atomic E-state index is 12.9. The van der Waals surface area contributed by atoms with Gasteiger partial charge in [0.05, 0.1) is 23.3 Å². The van der Waals surface area contributed by atoms with Crippen molar-refractivity contribution in [1.82, 2.24) is 14.9 Å². The van der Waals surface area contributed by atoms with Gasteiger partial charge in [0.1, 0.15) is 11.8 Å². The lowest BCUT2D eigenvalue weighted by molar-refractivity contribution is -0.130. The third-order valence-corrected chi connectivity index (χ3v) is 6.17. The van der Waals surface area contributed by atoms with Crippen molar-refractivity contribution in [2.75, 3.05) is 31.1 Å². The fraction of sp³-hybridized carbons (Fsp3) is 0.273. The fourth-order valence-corrected chi connectivity index (χ4v) is 4.27. The van der Waals surface area contributed by atoms with Crippen LogP contribution in [0.2, 0.25) is 0 Å². The molecule has 0 aromatic carbocycles. The minimum absolute atomic E-state index is 0.00636. The molecule has 5 heterocycles. The lowest BCUT2D eigenvalue weighted by Crippen LogP contribution is -2.49. The Hall–Kier alpha value is -3.84. The Morgan fingerprint density at radius 3 is 2.69 bits per heavy atom. The second kappa shape index (κ2) is 8.36. The molecule has 10 heteroatoms. The van der Waals surface area contributed by atoms with Gasteiger partial charge in [0, 0.05) is 26.2 Å². The van der Waals surface area contributed by atoms with E-state index in [-0.39, 0.29) is 23.9 Å². The zero-order valence-electron chi connectivity index (χ0n) is 17.3. The number of aromatic nitrogens is 2. The monoisotopic (exact) mass is 449 g/mol. The minimum Gasteiger partial charge on any atom is -0.459 e. The third-order valence-electron chi connectivity index (χ3n) is 5.31. The minimum atomic E-state index is -0.00636. The Kier molecular flexibility index (Phi) is 5.25. The Labute approximate surface area is 187 Å². The van der Waals surface area contributed by atoms with Crippen LogP contribution in [0.1, 0.15) is 17.1 Å². The summed E-state index contributed by atoms with van der Waals surface area (Å²) < 4.78 is 16.9. The maximum absolute atomic E-state index is 12.9. The van der Waals surface area contributed by atoms with E-state index in [0.717, 1.165) is 4.88 Å². The van der Waals surface area contributed by atoms with Gasteiger partial charge in [0.15, 0.2) is 5.76 Å². The molecule has 0 bridgehead atoms. The van der Waals surface area contributed by atoms with E-state index in [0.29, 0.717) is 55.2 Å². The van der Waals surface area contributed by atoms with E-state index in [9.17, 15) is 10.1 Å². The average Bonchev–Trinajstić information content (AvgIpc) is 3.60. The zero-order chi connectivity index (χ0) is 22.1. The van der Waals surface area contributed by atoms with Crippen LogP contribution in [0.15, 0.2) is 49.2 Å². The van der Waals surface area contributed by atoms with Gasteiger partial charge >= 0.3 is 0 Å². The quantitative estimate of drug-likeness (QED) is 0.453. The number of thiophene rings is 1. The first kappa shape index (κ1) is 20.1. The van der Waals surface area contributed by atoms with Crippen molar-refractivity contribution in [2.24, 2.45) is 0 Å². The highest BCUT2D eigenvalue weighted by Crippen LogP contribution is 2.29. The number of rotatable bonds is 5. The van der Waals surface area contributed by atoms with Crippen molar-refractivity contribution in [3.05, 3.63) is 53.1 Å². The molecule has 1 aliphatic heterocycles. The molecule has 1 amide bonds. The number of amides is 1. The standard InChI is InChI=1S/C22H19N5O4S/c1-14-15(24-21(30-14)18-5-3-11-32-18)12-19(28)26-6-8-27(9-7-26)22-16(13-23)25-20(31-22)17-4-2-10-29-17/h2-5,10-11H,6-9,12H2,1H3. The summed E-state index contributed by atoms with van der Waals surface area (Å²) >= 11 is 1.55. The van der Waals surface area contributed by atoms with Crippen molar-refractivity contribution in [3.63, 3.8) is 0 Å². The van der Waals surface area contributed by atoms with Crippen molar-refractivity contribution in [2.45, 2.75) is 13.3 Å². The number of piperazine rings is 1. The first-order valence-corrected chi connectivity index (χ1v) is 11.0. The smallest absolute Gasteiger partial charge is 0.266 e. The molecule has 1 aliphatic rings. The molecule has 0 N–H and O–H groups in total. The summed E-state index contributed by atoms with van der Waals surface area (Å²) in [6, 6.07) is 9.41. The Balaban J connectivity index is 1.24. The largest absolute Gasteiger partial charge is 0.459 e. The summed E-state index contributed by atoms with van der Waals surface area (Å²) in [6.45, 7) is 3.91. The Morgan fingerprint density at radius 2 is 2.00 bits per heavy atom. The summed E-state index contributed by atoms with van der Waals surface area (Å²) in [5, 5.41) is 11.4. The van der Waals surface area contributed by atoms with Crippen LogP contribution in [0.25, 0.3) is 22.4 Å². The molecule has 1 saturated heterocycles. The number of hydrogen-bond acceptors (Lipinski definition) is 9. The second-order valence-electron chi connectivity index (χ2n) is 7.31. The van der Waals surface area contributed by atoms with Crippen LogP contribution in [-0.2, 0) is 11.2 Å². The number of anilines is 1. The fourth-order valence-electron chi connectivity index (χ4n) is 3.62. The van der Waals surface area contributed by atoms with E-state index >= 15 is 0 Å². The van der Waals surface area contributed by atoms with Crippen molar-refractivity contribution in [3.8, 4) is 28.5 Å². The second-order valence-corrected chi connectivity index (χ2v) is 8.25. The number of nitriles is 1. The molecule has 1 fully saturated rings. The number of oxazole rings is 2. The topological polar surface area (TPSA) is 113 Å². The molecule has 0 radical (unpaired) electrons. The molecule has 0 unspecified atom stereocenters. The van der Waals surface area contributed by atoms with Crippen LogP contribution in [0, 0.1) is 18.3 Å². The van der Waals surface area contributed by atoms with Gasteiger partial charge in [-0.3, -0.25) is 4.79 Å². The van der Waals surface area contributed by atoms with Crippen LogP contribution in [0.4, 0.5) is 5.88 Å². The van der Waals surface area contributed by atoms with Gasteiger partial charge in [-0.1, -0.05) is 6.07 Å². The van der Waals surface area contributed by atoms with E-state index in [1.165, 1.54) is 6.26 Å². The molecule has 4 aromatic rings. The number of nitrogens with zero attached hydrogens (tertiary/aromatic N) is 5. The number of carbonyl (C=O) groups is 1. The molecule has 0 saturated carbocycles. The summed E-state index contributed by atoms with van der Waals surface area (Å²) in [7, 11) is 0. The van der Waals surface area contributed by atoms with Gasteiger partial charge in [0.25, 0.3) is 5.89 Å². The molecule has 162 valence electrons. The highest BCUT2D eigenvalue weighted by Gasteiger charge is 2.28. The normalized spacial score (nSPS) is 14.0. The summed E-state index contributed by atoms with van der Waals surface area (Å²) in [5.41, 5.74) is 0.862. The first-order chi connectivity index (χ1) is 15.6. The molecule has 5 rings (SSSR count). The maximum Gasteiger partial charge on any atom is 0.266 e. The van der Waals surface area contributed by atoms with Crippen LogP contribution < -0.4 is 4.90 Å². The van der Waals surface area contributed by atoms with Gasteiger partial charge in [-0.15, -0.1) is 11.3 Å². The van der Waals surface area contributed by atoms with Gasteiger partial charge in [-0.2, -0.15) is 10.2 Å². The van der Waals surface area contributed by atoms with E-state index in [4.69, 9.17) is 13.3 Å². The van der Waals surface area contributed by atoms with Crippen LogP contribution >= 0.6 is 11.3 Å². The van der Waals surface area contributed by atoms with Gasteiger partial charge < -0.3 is 23.1 Å². The molecule has 0 spiro atoms. The van der Waals surface area contributed by atoms with Gasteiger partial charge in [-0.25, -0.2) is 4.98 Å². The molecule has 32 heavy (non-hydrogen) atoms. The number of furan rings is 1.